The minimum Gasteiger partial charge on any atom is -0.301 e. The maximum atomic E-state index is 5.46. The number of hydroxylamine groups is 2. The molecule has 2 aromatic heterocycles. The summed E-state index contributed by atoms with van der Waals surface area (Å²) in [6.07, 6.45) is 0. The summed E-state index contributed by atoms with van der Waals surface area (Å²) < 4.78 is 0. The first-order valence-corrected chi connectivity index (χ1v) is 7.71. The fraction of sp³-hybridized carbons (Fsp3) is 0.692. The predicted molar refractivity (Wildman–Crippen MR) is 80.6 cm³/mol. The van der Waals surface area contributed by atoms with Crippen molar-refractivity contribution in [3.63, 3.8) is 0 Å². The summed E-state index contributed by atoms with van der Waals surface area (Å²) in [4.78, 5) is 11.6. The van der Waals surface area contributed by atoms with Gasteiger partial charge in [0, 0.05) is 5.38 Å². The maximum absolute atomic E-state index is 5.46. The molecule has 0 N–H and O–H groups in total. The summed E-state index contributed by atoms with van der Waals surface area (Å²) in [5.41, 5.74) is 0.809. The molecule has 21 heavy (non-hydrogen) atoms. The van der Waals surface area contributed by atoms with Gasteiger partial charge in [0.05, 0.1) is 35.9 Å². The zero-order valence-electron chi connectivity index (χ0n) is 13.4. The van der Waals surface area contributed by atoms with E-state index < -0.39 is 0 Å². The molecule has 2 aromatic rings. The van der Waals surface area contributed by atoms with E-state index in [4.69, 9.17) is 4.84 Å². The van der Waals surface area contributed by atoms with Crippen molar-refractivity contribution in [3.05, 3.63) is 21.9 Å². The third-order valence-electron chi connectivity index (χ3n) is 3.08. The summed E-state index contributed by atoms with van der Waals surface area (Å²) in [5.74, 6) is 0.630. The number of nitrogens with zero attached hydrogens (tertiary/aromatic N) is 6. The SMILES string of the molecule is CON(Cc1nnn(C(C)(C)C)n1)C(C)c1csc(C)n1. The van der Waals surface area contributed by atoms with Gasteiger partial charge in [-0.3, -0.25) is 0 Å². The molecule has 0 bridgehead atoms. The topological polar surface area (TPSA) is 69.0 Å². The summed E-state index contributed by atoms with van der Waals surface area (Å²) in [7, 11) is 1.64. The predicted octanol–water partition coefficient (Wildman–Crippen LogP) is 2.32. The highest BCUT2D eigenvalue weighted by Gasteiger charge is 2.22. The zero-order chi connectivity index (χ0) is 15.6. The molecular formula is C13H22N6OS. The fourth-order valence-corrected chi connectivity index (χ4v) is 2.51. The molecule has 0 saturated carbocycles. The molecule has 0 spiro atoms. The molecule has 0 aliphatic rings. The Hall–Kier alpha value is -1.38. The lowest BCUT2D eigenvalue weighted by molar-refractivity contribution is -0.169. The Morgan fingerprint density at radius 2 is 2.14 bits per heavy atom. The van der Waals surface area contributed by atoms with Crippen LogP contribution < -0.4 is 0 Å². The average molecular weight is 310 g/mol. The lowest BCUT2D eigenvalue weighted by Gasteiger charge is -2.23. The van der Waals surface area contributed by atoms with Crippen molar-refractivity contribution in [1.29, 1.82) is 0 Å². The van der Waals surface area contributed by atoms with Gasteiger partial charge in [-0.15, -0.1) is 21.5 Å². The van der Waals surface area contributed by atoms with E-state index in [2.05, 4.69) is 20.4 Å². The Labute approximate surface area is 128 Å². The molecule has 1 unspecified atom stereocenters. The van der Waals surface area contributed by atoms with Crippen LogP contribution in [0, 0.1) is 6.92 Å². The molecular weight excluding hydrogens is 288 g/mol. The van der Waals surface area contributed by atoms with E-state index in [-0.39, 0.29) is 11.6 Å². The number of tetrazole rings is 1. The van der Waals surface area contributed by atoms with E-state index in [9.17, 15) is 0 Å². The standard InChI is InChI=1S/C13H22N6OS/c1-9(11-8-21-10(2)14-11)18(20-6)7-12-15-17-19(16-12)13(3,4)5/h8-9H,7H2,1-6H3. The van der Waals surface area contributed by atoms with E-state index in [0.29, 0.717) is 12.4 Å². The van der Waals surface area contributed by atoms with Gasteiger partial charge in [0.25, 0.3) is 0 Å². The Morgan fingerprint density at radius 3 is 2.62 bits per heavy atom. The molecule has 0 aromatic carbocycles. The number of rotatable bonds is 5. The van der Waals surface area contributed by atoms with Crippen molar-refractivity contribution in [2.24, 2.45) is 0 Å². The van der Waals surface area contributed by atoms with Crippen LogP contribution in [-0.2, 0) is 16.9 Å². The van der Waals surface area contributed by atoms with Crippen molar-refractivity contribution in [1.82, 2.24) is 30.3 Å². The average Bonchev–Trinajstić information content (AvgIpc) is 3.03. The molecule has 7 nitrogen and oxygen atoms in total. The quantitative estimate of drug-likeness (QED) is 0.789. The summed E-state index contributed by atoms with van der Waals surface area (Å²) >= 11 is 1.63. The molecule has 0 aliphatic carbocycles. The van der Waals surface area contributed by atoms with Crippen LogP contribution in [-0.4, -0.2) is 37.4 Å². The van der Waals surface area contributed by atoms with Gasteiger partial charge in [-0.05, 0) is 39.8 Å². The van der Waals surface area contributed by atoms with Crippen LogP contribution in [0.4, 0.5) is 0 Å². The van der Waals surface area contributed by atoms with Gasteiger partial charge in [-0.25, -0.2) is 4.98 Å². The molecule has 0 radical (unpaired) electrons. The van der Waals surface area contributed by atoms with E-state index in [1.165, 1.54) is 0 Å². The smallest absolute Gasteiger partial charge is 0.191 e. The molecule has 2 rings (SSSR count). The lowest BCUT2D eigenvalue weighted by Crippen LogP contribution is -2.27. The van der Waals surface area contributed by atoms with Crippen LogP contribution in [0.5, 0.6) is 0 Å². The van der Waals surface area contributed by atoms with Crippen molar-refractivity contribution in [3.8, 4) is 0 Å². The third kappa shape index (κ3) is 3.84. The molecule has 0 saturated heterocycles. The van der Waals surface area contributed by atoms with Crippen LogP contribution >= 0.6 is 11.3 Å². The van der Waals surface area contributed by atoms with Crippen LogP contribution in [0.1, 0.15) is 50.3 Å². The van der Waals surface area contributed by atoms with Crippen LogP contribution in [0.25, 0.3) is 0 Å². The van der Waals surface area contributed by atoms with Gasteiger partial charge in [-0.1, -0.05) is 0 Å². The molecule has 2 heterocycles. The van der Waals surface area contributed by atoms with Crippen molar-refractivity contribution < 1.29 is 4.84 Å². The summed E-state index contributed by atoms with van der Waals surface area (Å²) in [6, 6.07) is 0.0292. The Kier molecular flexibility index (Phi) is 4.70. The van der Waals surface area contributed by atoms with Crippen LogP contribution in [0.3, 0.4) is 0 Å². The minimum atomic E-state index is -0.180. The van der Waals surface area contributed by atoms with Gasteiger partial charge in [-0.2, -0.15) is 9.86 Å². The Balaban J connectivity index is 2.10. The van der Waals surface area contributed by atoms with Gasteiger partial charge in [0.1, 0.15) is 0 Å². The molecule has 1 atom stereocenters. The van der Waals surface area contributed by atoms with Crippen molar-refractivity contribution >= 4 is 11.3 Å². The number of thiazole rings is 1. The Morgan fingerprint density at radius 1 is 1.43 bits per heavy atom. The van der Waals surface area contributed by atoms with E-state index in [1.54, 1.807) is 28.3 Å². The first-order chi connectivity index (χ1) is 9.81. The highest BCUT2D eigenvalue weighted by atomic mass is 32.1. The highest BCUT2D eigenvalue weighted by Crippen LogP contribution is 2.23. The lowest BCUT2D eigenvalue weighted by atomic mass is 10.1. The summed E-state index contributed by atoms with van der Waals surface area (Å²) in [6.45, 7) is 10.6. The number of hydrogen-bond acceptors (Lipinski definition) is 7. The first kappa shape index (κ1) is 16.0. The van der Waals surface area contributed by atoms with Gasteiger partial charge in [0.2, 0.25) is 0 Å². The molecule has 0 aliphatic heterocycles. The largest absolute Gasteiger partial charge is 0.301 e. The molecule has 0 fully saturated rings. The second kappa shape index (κ2) is 6.17. The first-order valence-electron chi connectivity index (χ1n) is 6.83. The van der Waals surface area contributed by atoms with Gasteiger partial charge >= 0.3 is 0 Å². The maximum Gasteiger partial charge on any atom is 0.191 e. The summed E-state index contributed by atoms with van der Waals surface area (Å²) in [5, 5.41) is 17.5. The van der Waals surface area contributed by atoms with Crippen molar-refractivity contribution in [2.45, 2.75) is 52.7 Å². The van der Waals surface area contributed by atoms with Crippen LogP contribution in [0.2, 0.25) is 0 Å². The number of aromatic nitrogens is 5. The van der Waals surface area contributed by atoms with E-state index >= 15 is 0 Å². The highest BCUT2D eigenvalue weighted by molar-refractivity contribution is 7.09. The Bertz CT molecular complexity index is 587. The van der Waals surface area contributed by atoms with Crippen molar-refractivity contribution in [2.75, 3.05) is 7.11 Å². The van der Waals surface area contributed by atoms with Gasteiger partial charge < -0.3 is 4.84 Å². The second-order valence-corrected chi connectivity index (χ2v) is 6.95. The number of hydrogen-bond donors (Lipinski definition) is 0. The molecule has 8 heteroatoms. The fourth-order valence-electron chi connectivity index (χ4n) is 1.81. The zero-order valence-corrected chi connectivity index (χ0v) is 14.2. The van der Waals surface area contributed by atoms with Gasteiger partial charge in [0.15, 0.2) is 5.82 Å². The minimum absolute atomic E-state index is 0.0292. The molecule has 0 amide bonds. The monoisotopic (exact) mass is 310 g/mol. The number of aryl methyl sites for hydroxylation is 1. The second-order valence-electron chi connectivity index (χ2n) is 5.89. The van der Waals surface area contributed by atoms with E-state index in [1.807, 2.05) is 40.0 Å². The van der Waals surface area contributed by atoms with Crippen LogP contribution in [0.15, 0.2) is 5.38 Å². The third-order valence-corrected chi connectivity index (χ3v) is 3.88. The normalized spacial score (nSPS) is 13.9. The van der Waals surface area contributed by atoms with E-state index in [0.717, 1.165) is 10.7 Å². The molecule has 116 valence electrons.